The first-order chi connectivity index (χ1) is 13.5. The molecular weight excluding hydrogens is 362 g/mol. The van der Waals surface area contributed by atoms with Crippen LogP contribution >= 0.6 is 0 Å². The third-order valence-electron chi connectivity index (χ3n) is 6.27. The maximum absolute atomic E-state index is 13.9. The number of aromatic nitrogens is 2. The van der Waals surface area contributed by atoms with E-state index in [1.54, 1.807) is 29.2 Å². The summed E-state index contributed by atoms with van der Waals surface area (Å²) in [5.74, 6) is -0.356. The Labute approximate surface area is 164 Å². The maximum Gasteiger partial charge on any atom is 0.272 e. The van der Waals surface area contributed by atoms with Gasteiger partial charge in [-0.2, -0.15) is 0 Å². The predicted molar refractivity (Wildman–Crippen MR) is 102 cm³/mol. The van der Waals surface area contributed by atoms with E-state index in [4.69, 9.17) is 0 Å². The highest BCUT2D eigenvalue weighted by Crippen LogP contribution is 2.33. The van der Waals surface area contributed by atoms with Crippen LogP contribution in [-0.2, 0) is 13.6 Å². The van der Waals surface area contributed by atoms with Crippen molar-refractivity contribution in [1.29, 1.82) is 0 Å². The summed E-state index contributed by atoms with van der Waals surface area (Å²) in [6.45, 7) is 3.81. The average molecular weight is 388 g/mol. The van der Waals surface area contributed by atoms with Crippen LogP contribution in [0.15, 0.2) is 30.7 Å². The molecule has 1 aromatic carbocycles. The molecule has 2 fully saturated rings. The van der Waals surface area contributed by atoms with Gasteiger partial charge in [-0.3, -0.25) is 9.69 Å². The number of hydrogen-bond donors (Lipinski definition) is 0. The van der Waals surface area contributed by atoms with E-state index < -0.39 is 11.6 Å². The van der Waals surface area contributed by atoms with Crippen molar-refractivity contribution in [2.45, 2.75) is 25.8 Å². The molecular formula is C21H26F2N4O. The lowest BCUT2D eigenvalue weighted by Crippen LogP contribution is -2.37. The van der Waals surface area contributed by atoms with Gasteiger partial charge in [0.1, 0.15) is 5.69 Å². The first kappa shape index (κ1) is 19.1. The SMILES string of the molecule is Cn1cncc1C(=O)N1CC[C@@H](C2CCN(Cc3cccc(F)c3F)CC2)C1. The van der Waals surface area contributed by atoms with Gasteiger partial charge in [-0.25, -0.2) is 13.8 Å². The normalized spacial score (nSPS) is 21.4. The van der Waals surface area contributed by atoms with E-state index in [0.717, 1.165) is 51.5 Å². The van der Waals surface area contributed by atoms with Gasteiger partial charge < -0.3 is 9.47 Å². The lowest BCUT2D eigenvalue weighted by Gasteiger charge is -2.35. The van der Waals surface area contributed by atoms with Gasteiger partial charge in [-0.05, 0) is 50.3 Å². The third-order valence-corrected chi connectivity index (χ3v) is 6.27. The molecule has 2 saturated heterocycles. The van der Waals surface area contributed by atoms with E-state index in [0.29, 0.717) is 29.6 Å². The summed E-state index contributed by atoms with van der Waals surface area (Å²) >= 11 is 0. The number of piperidine rings is 1. The molecule has 2 aromatic rings. The molecule has 150 valence electrons. The minimum absolute atomic E-state index is 0.0570. The fourth-order valence-corrected chi connectivity index (χ4v) is 4.58. The molecule has 0 saturated carbocycles. The molecule has 1 aromatic heterocycles. The Hall–Kier alpha value is -2.28. The van der Waals surface area contributed by atoms with Gasteiger partial charge in [0.05, 0.1) is 12.5 Å². The Morgan fingerprint density at radius 1 is 1.14 bits per heavy atom. The molecule has 1 amide bonds. The average Bonchev–Trinajstić information content (AvgIpc) is 3.35. The summed E-state index contributed by atoms with van der Waals surface area (Å²) in [7, 11) is 1.84. The number of amides is 1. The van der Waals surface area contributed by atoms with Crippen LogP contribution in [0.5, 0.6) is 0 Å². The molecule has 2 aliphatic rings. The van der Waals surface area contributed by atoms with Gasteiger partial charge in [-0.15, -0.1) is 0 Å². The summed E-state index contributed by atoms with van der Waals surface area (Å²) in [6.07, 6.45) is 6.38. The summed E-state index contributed by atoms with van der Waals surface area (Å²) in [6, 6.07) is 4.37. The van der Waals surface area contributed by atoms with Crippen molar-refractivity contribution in [1.82, 2.24) is 19.4 Å². The van der Waals surface area contributed by atoms with E-state index in [2.05, 4.69) is 9.88 Å². The zero-order chi connectivity index (χ0) is 19.7. The molecule has 2 aliphatic heterocycles. The zero-order valence-corrected chi connectivity index (χ0v) is 16.2. The van der Waals surface area contributed by atoms with Gasteiger partial charge in [0.25, 0.3) is 5.91 Å². The Kier molecular flexibility index (Phi) is 5.44. The Morgan fingerprint density at radius 3 is 2.61 bits per heavy atom. The van der Waals surface area contributed by atoms with E-state index in [9.17, 15) is 13.6 Å². The number of nitrogens with zero attached hydrogens (tertiary/aromatic N) is 4. The molecule has 3 heterocycles. The van der Waals surface area contributed by atoms with Crippen molar-refractivity contribution >= 4 is 5.91 Å². The predicted octanol–water partition coefficient (Wildman–Crippen LogP) is 3.07. The number of aryl methyl sites for hydroxylation is 1. The topological polar surface area (TPSA) is 41.4 Å². The number of carbonyl (C=O) groups is 1. The molecule has 0 bridgehead atoms. The van der Waals surface area contributed by atoms with Crippen molar-refractivity contribution in [2.24, 2.45) is 18.9 Å². The number of benzene rings is 1. The number of likely N-dealkylation sites (tertiary alicyclic amines) is 2. The maximum atomic E-state index is 13.9. The van der Waals surface area contributed by atoms with Gasteiger partial charge >= 0.3 is 0 Å². The number of rotatable bonds is 4. The van der Waals surface area contributed by atoms with Crippen LogP contribution in [0, 0.1) is 23.5 Å². The highest BCUT2D eigenvalue weighted by molar-refractivity contribution is 5.92. The van der Waals surface area contributed by atoms with E-state index in [-0.39, 0.29) is 5.91 Å². The Bertz CT molecular complexity index is 845. The van der Waals surface area contributed by atoms with Gasteiger partial charge in [0.2, 0.25) is 0 Å². The van der Waals surface area contributed by atoms with Crippen molar-refractivity contribution in [3.8, 4) is 0 Å². The second-order valence-electron chi connectivity index (χ2n) is 8.02. The van der Waals surface area contributed by atoms with Crippen molar-refractivity contribution < 1.29 is 13.6 Å². The molecule has 0 aliphatic carbocycles. The quantitative estimate of drug-likeness (QED) is 0.808. The van der Waals surface area contributed by atoms with E-state index in [1.165, 1.54) is 0 Å². The molecule has 28 heavy (non-hydrogen) atoms. The van der Waals surface area contributed by atoms with Crippen LogP contribution in [0.2, 0.25) is 0 Å². The fraction of sp³-hybridized carbons (Fsp3) is 0.524. The first-order valence-corrected chi connectivity index (χ1v) is 9.93. The summed E-state index contributed by atoms with van der Waals surface area (Å²) in [5.41, 5.74) is 1.06. The second kappa shape index (κ2) is 7.99. The van der Waals surface area contributed by atoms with Crippen molar-refractivity contribution in [2.75, 3.05) is 26.2 Å². The fourth-order valence-electron chi connectivity index (χ4n) is 4.58. The van der Waals surface area contributed by atoms with E-state index >= 15 is 0 Å². The number of halogens is 2. The zero-order valence-electron chi connectivity index (χ0n) is 16.2. The van der Waals surface area contributed by atoms with Crippen molar-refractivity contribution in [3.05, 3.63) is 53.6 Å². The molecule has 1 atom stereocenters. The van der Waals surface area contributed by atoms with Gasteiger partial charge in [0.15, 0.2) is 11.6 Å². The second-order valence-corrected chi connectivity index (χ2v) is 8.02. The molecule has 0 spiro atoms. The number of imidazole rings is 1. The lowest BCUT2D eigenvalue weighted by molar-refractivity contribution is 0.0763. The smallest absolute Gasteiger partial charge is 0.272 e. The molecule has 4 rings (SSSR count). The van der Waals surface area contributed by atoms with Crippen LogP contribution in [0.3, 0.4) is 0 Å². The summed E-state index contributed by atoms with van der Waals surface area (Å²) in [5, 5.41) is 0. The summed E-state index contributed by atoms with van der Waals surface area (Å²) < 4.78 is 29.1. The summed E-state index contributed by atoms with van der Waals surface area (Å²) in [4.78, 5) is 20.8. The Morgan fingerprint density at radius 2 is 1.89 bits per heavy atom. The monoisotopic (exact) mass is 388 g/mol. The third kappa shape index (κ3) is 3.81. The van der Waals surface area contributed by atoms with Crippen LogP contribution in [0.4, 0.5) is 8.78 Å². The lowest BCUT2D eigenvalue weighted by atomic mass is 9.83. The van der Waals surface area contributed by atoms with Gasteiger partial charge in [-0.1, -0.05) is 12.1 Å². The molecule has 5 nitrogen and oxygen atoms in total. The van der Waals surface area contributed by atoms with Crippen LogP contribution in [0.25, 0.3) is 0 Å². The number of hydrogen-bond acceptors (Lipinski definition) is 3. The largest absolute Gasteiger partial charge is 0.337 e. The Balaban J connectivity index is 1.29. The van der Waals surface area contributed by atoms with Gasteiger partial charge in [0, 0.05) is 32.2 Å². The molecule has 0 unspecified atom stereocenters. The standard InChI is InChI=1S/C21H26F2N4O/c1-25-14-24-11-19(25)21(28)27-10-7-16(13-27)15-5-8-26(9-6-15)12-17-3-2-4-18(22)20(17)23/h2-4,11,14-16H,5-10,12-13H2,1H3/t16-/m1/s1. The van der Waals surface area contributed by atoms with E-state index in [1.807, 2.05) is 11.9 Å². The molecule has 0 N–H and O–H groups in total. The molecule has 7 heteroatoms. The van der Waals surface area contributed by atoms with Crippen LogP contribution in [-0.4, -0.2) is 51.4 Å². The number of carbonyl (C=O) groups excluding carboxylic acids is 1. The molecule has 0 radical (unpaired) electrons. The van der Waals surface area contributed by atoms with Crippen LogP contribution in [0.1, 0.15) is 35.3 Å². The minimum atomic E-state index is -0.781. The van der Waals surface area contributed by atoms with Crippen LogP contribution < -0.4 is 0 Å². The highest BCUT2D eigenvalue weighted by atomic mass is 19.2. The minimum Gasteiger partial charge on any atom is -0.337 e. The first-order valence-electron chi connectivity index (χ1n) is 9.93. The highest BCUT2D eigenvalue weighted by Gasteiger charge is 2.34. The van der Waals surface area contributed by atoms with Crippen molar-refractivity contribution in [3.63, 3.8) is 0 Å².